The molecule has 3 aromatic rings. The summed E-state index contributed by atoms with van der Waals surface area (Å²) in [6.07, 6.45) is 0.747. The molecule has 0 bridgehead atoms. The highest BCUT2D eigenvalue weighted by Gasteiger charge is 2.17. The van der Waals surface area contributed by atoms with Gasteiger partial charge < -0.3 is 15.0 Å². The Morgan fingerprint density at radius 1 is 1.03 bits per heavy atom. The first-order valence-electron chi connectivity index (χ1n) is 9.77. The fourth-order valence-corrected chi connectivity index (χ4v) is 3.00. The molecule has 0 unspecified atom stereocenters. The fraction of sp³-hybridized carbons (Fsp3) is 0.261. The van der Waals surface area contributed by atoms with Gasteiger partial charge >= 0.3 is 0 Å². The number of anilines is 2. The number of para-hydroxylation sites is 1. The molecule has 29 heavy (non-hydrogen) atoms. The Kier molecular flexibility index (Phi) is 7.30. The second kappa shape index (κ2) is 10.3. The van der Waals surface area contributed by atoms with Gasteiger partial charge in [-0.25, -0.2) is 9.97 Å². The second-order valence-electron chi connectivity index (χ2n) is 6.48. The van der Waals surface area contributed by atoms with Crippen LogP contribution in [0.3, 0.4) is 0 Å². The average Bonchev–Trinajstić information content (AvgIpc) is 2.78. The maximum atomic E-state index is 12.7. The highest BCUT2D eigenvalue weighted by Crippen LogP contribution is 2.26. The summed E-state index contributed by atoms with van der Waals surface area (Å²) < 4.78 is 5.04. The van der Waals surface area contributed by atoms with Crippen LogP contribution < -0.4 is 10.2 Å². The Bertz CT molecular complexity index is 917. The summed E-state index contributed by atoms with van der Waals surface area (Å²) in [5, 5.41) is 2.91. The molecule has 0 spiro atoms. The zero-order valence-corrected chi connectivity index (χ0v) is 16.8. The summed E-state index contributed by atoms with van der Waals surface area (Å²) in [6, 6.07) is 21.4. The smallest absolute Gasteiger partial charge is 0.270 e. The molecule has 6 nitrogen and oxygen atoms in total. The molecule has 0 aliphatic heterocycles. The second-order valence-corrected chi connectivity index (χ2v) is 6.48. The van der Waals surface area contributed by atoms with Crippen molar-refractivity contribution in [2.24, 2.45) is 0 Å². The first-order chi connectivity index (χ1) is 14.2. The fourth-order valence-electron chi connectivity index (χ4n) is 3.00. The summed E-state index contributed by atoms with van der Waals surface area (Å²) in [5.74, 6) is 1.00. The SMILES string of the molecule is CCN(c1ccccc1)c1cc(C(=O)NCCCOC)nc(-c2ccccc2)n1. The Morgan fingerprint density at radius 3 is 2.38 bits per heavy atom. The number of methoxy groups -OCH3 is 1. The van der Waals surface area contributed by atoms with Gasteiger partial charge in [-0.05, 0) is 25.5 Å². The average molecular weight is 390 g/mol. The van der Waals surface area contributed by atoms with E-state index in [-0.39, 0.29) is 5.91 Å². The van der Waals surface area contributed by atoms with Crippen molar-refractivity contribution in [3.05, 3.63) is 72.4 Å². The van der Waals surface area contributed by atoms with Gasteiger partial charge in [0.1, 0.15) is 11.5 Å². The summed E-state index contributed by atoms with van der Waals surface area (Å²) in [6.45, 7) is 3.90. The molecule has 0 atom stereocenters. The van der Waals surface area contributed by atoms with Crippen molar-refractivity contribution in [3.8, 4) is 11.4 Å². The molecule has 0 aliphatic rings. The third-order valence-electron chi connectivity index (χ3n) is 4.45. The topological polar surface area (TPSA) is 67.4 Å². The Hall–Kier alpha value is -3.25. The molecule has 1 amide bonds. The van der Waals surface area contributed by atoms with Crippen molar-refractivity contribution in [1.82, 2.24) is 15.3 Å². The van der Waals surface area contributed by atoms with E-state index in [2.05, 4.69) is 22.1 Å². The number of nitrogens with zero attached hydrogens (tertiary/aromatic N) is 3. The van der Waals surface area contributed by atoms with Gasteiger partial charge in [0.2, 0.25) is 0 Å². The first-order valence-corrected chi connectivity index (χ1v) is 9.77. The molecule has 0 fully saturated rings. The van der Waals surface area contributed by atoms with Gasteiger partial charge in [-0.1, -0.05) is 48.5 Å². The van der Waals surface area contributed by atoms with Crippen molar-refractivity contribution < 1.29 is 9.53 Å². The number of hydrogen-bond donors (Lipinski definition) is 1. The standard InChI is InChI=1S/C23H26N4O2/c1-3-27(19-13-8-5-9-14-19)21-17-20(23(28)24-15-10-16-29-2)25-22(26-21)18-11-6-4-7-12-18/h4-9,11-14,17H,3,10,15-16H2,1-2H3,(H,24,28). The van der Waals surface area contributed by atoms with Crippen LogP contribution in [0.25, 0.3) is 11.4 Å². The maximum absolute atomic E-state index is 12.7. The molecule has 0 saturated heterocycles. The van der Waals surface area contributed by atoms with Crippen molar-refractivity contribution in [3.63, 3.8) is 0 Å². The van der Waals surface area contributed by atoms with E-state index in [0.29, 0.717) is 37.0 Å². The first kappa shape index (κ1) is 20.5. The molecule has 1 N–H and O–H groups in total. The Labute approximate surface area is 171 Å². The maximum Gasteiger partial charge on any atom is 0.270 e. The lowest BCUT2D eigenvalue weighted by molar-refractivity contribution is 0.0943. The van der Waals surface area contributed by atoms with Gasteiger partial charge in [0, 0.05) is 44.1 Å². The zero-order chi connectivity index (χ0) is 20.5. The number of rotatable bonds is 9. The number of carbonyl (C=O) groups excluding carboxylic acids is 1. The predicted octanol–water partition coefficient (Wildman–Crippen LogP) is 4.07. The minimum absolute atomic E-state index is 0.217. The van der Waals surface area contributed by atoms with Crippen LogP contribution in [0, 0.1) is 0 Å². The van der Waals surface area contributed by atoms with E-state index in [4.69, 9.17) is 9.72 Å². The predicted molar refractivity (Wildman–Crippen MR) is 115 cm³/mol. The van der Waals surface area contributed by atoms with E-state index >= 15 is 0 Å². The van der Waals surface area contributed by atoms with E-state index in [1.807, 2.05) is 60.7 Å². The summed E-state index contributed by atoms with van der Waals surface area (Å²) in [5.41, 5.74) is 2.23. The zero-order valence-electron chi connectivity index (χ0n) is 16.8. The lowest BCUT2D eigenvalue weighted by atomic mass is 10.2. The van der Waals surface area contributed by atoms with Crippen LogP contribution in [-0.2, 0) is 4.74 Å². The monoisotopic (exact) mass is 390 g/mol. The number of nitrogens with one attached hydrogen (secondary N) is 1. The molecular formula is C23H26N4O2. The third-order valence-corrected chi connectivity index (χ3v) is 4.45. The quantitative estimate of drug-likeness (QED) is 0.558. The summed E-state index contributed by atoms with van der Waals surface area (Å²) >= 11 is 0. The van der Waals surface area contributed by atoms with Crippen LogP contribution in [0.15, 0.2) is 66.7 Å². The van der Waals surface area contributed by atoms with E-state index in [9.17, 15) is 4.79 Å². The van der Waals surface area contributed by atoms with Gasteiger partial charge in [0.25, 0.3) is 5.91 Å². The van der Waals surface area contributed by atoms with E-state index in [1.165, 1.54) is 0 Å². The molecule has 1 aromatic heterocycles. The summed E-state index contributed by atoms with van der Waals surface area (Å²) in [4.78, 5) is 24.1. The third kappa shape index (κ3) is 5.39. The number of hydrogen-bond acceptors (Lipinski definition) is 5. The van der Waals surface area contributed by atoms with Crippen molar-refractivity contribution in [2.45, 2.75) is 13.3 Å². The summed E-state index contributed by atoms with van der Waals surface area (Å²) in [7, 11) is 1.65. The lowest BCUT2D eigenvalue weighted by Crippen LogP contribution is -2.27. The van der Waals surface area contributed by atoms with Gasteiger partial charge in [-0.3, -0.25) is 4.79 Å². The van der Waals surface area contributed by atoms with Crippen LogP contribution in [0.5, 0.6) is 0 Å². The van der Waals surface area contributed by atoms with Crippen LogP contribution in [0.4, 0.5) is 11.5 Å². The van der Waals surface area contributed by atoms with Crippen molar-refractivity contribution in [1.29, 1.82) is 0 Å². The van der Waals surface area contributed by atoms with Gasteiger partial charge in [0.15, 0.2) is 5.82 Å². The molecule has 150 valence electrons. The number of benzene rings is 2. The molecule has 0 saturated carbocycles. The Balaban J connectivity index is 1.97. The van der Waals surface area contributed by atoms with Crippen LogP contribution in [0.2, 0.25) is 0 Å². The number of amides is 1. The molecule has 2 aromatic carbocycles. The molecule has 6 heteroatoms. The van der Waals surface area contributed by atoms with Crippen LogP contribution in [-0.4, -0.2) is 42.7 Å². The van der Waals surface area contributed by atoms with E-state index in [0.717, 1.165) is 17.7 Å². The van der Waals surface area contributed by atoms with Crippen molar-refractivity contribution in [2.75, 3.05) is 31.7 Å². The number of aromatic nitrogens is 2. The normalized spacial score (nSPS) is 10.6. The number of ether oxygens (including phenoxy) is 1. The highest BCUT2D eigenvalue weighted by atomic mass is 16.5. The Morgan fingerprint density at radius 2 is 1.72 bits per heavy atom. The number of carbonyl (C=O) groups is 1. The largest absolute Gasteiger partial charge is 0.385 e. The molecule has 0 aliphatic carbocycles. The minimum atomic E-state index is -0.217. The molecule has 0 radical (unpaired) electrons. The van der Waals surface area contributed by atoms with Gasteiger partial charge in [0.05, 0.1) is 0 Å². The van der Waals surface area contributed by atoms with E-state index in [1.54, 1.807) is 13.2 Å². The van der Waals surface area contributed by atoms with Gasteiger partial charge in [-0.2, -0.15) is 0 Å². The lowest BCUT2D eigenvalue weighted by Gasteiger charge is -2.23. The van der Waals surface area contributed by atoms with Crippen molar-refractivity contribution >= 4 is 17.4 Å². The molecule has 1 heterocycles. The minimum Gasteiger partial charge on any atom is -0.385 e. The van der Waals surface area contributed by atoms with E-state index < -0.39 is 0 Å². The van der Waals surface area contributed by atoms with Gasteiger partial charge in [-0.15, -0.1) is 0 Å². The highest BCUT2D eigenvalue weighted by molar-refractivity contribution is 5.93. The van der Waals surface area contributed by atoms with Crippen LogP contribution in [0.1, 0.15) is 23.8 Å². The molecular weight excluding hydrogens is 364 g/mol. The van der Waals surface area contributed by atoms with Crippen LogP contribution >= 0.6 is 0 Å². The molecule has 3 rings (SSSR count).